The van der Waals surface area contributed by atoms with Gasteiger partial charge in [-0.2, -0.15) is 0 Å². The van der Waals surface area contributed by atoms with Gasteiger partial charge in [0.15, 0.2) is 0 Å². The average Bonchev–Trinajstić information content (AvgIpc) is 3.20. The van der Waals surface area contributed by atoms with E-state index in [1.165, 1.54) is 41.1 Å². The van der Waals surface area contributed by atoms with Crippen LogP contribution in [0.2, 0.25) is 10.0 Å². The van der Waals surface area contributed by atoms with E-state index in [1.807, 2.05) is 0 Å². The Bertz CT molecular complexity index is 1300. The second kappa shape index (κ2) is 10.3. The minimum Gasteiger partial charge on any atom is -0.459 e. The molecule has 2 aromatic carbocycles. The molecule has 34 heavy (non-hydrogen) atoms. The van der Waals surface area contributed by atoms with Crippen LogP contribution in [-0.4, -0.2) is 40.3 Å². The van der Waals surface area contributed by atoms with E-state index in [1.54, 1.807) is 24.3 Å². The number of aromatic amines is 1. The first kappa shape index (κ1) is 23.7. The summed E-state index contributed by atoms with van der Waals surface area (Å²) in [7, 11) is 0. The highest BCUT2D eigenvalue weighted by atomic mass is 35.5. The minimum atomic E-state index is -0.865. The molecule has 0 amide bonds. The molecule has 0 aliphatic carbocycles. The summed E-state index contributed by atoms with van der Waals surface area (Å²) in [4.78, 5) is 50.8. The fourth-order valence-corrected chi connectivity index (χ4v) is 3.67. The first-order valence-corrected chi connectivity index (χ1v) is 10.9. The van der Waals surface area contributed by atoms with Crippen LogP contribution >= 0.6 is 23.2 Å². The monoisotopic (exact) mass is 504 g/mol. The molecule has 0 bridgehead atoms. The van der Waals surface area contributed by atoms with Crippen LogP contribution in [0.1, 0.15) is 33.4 Å². The Morgan fingerprint density at radius 2 is 1.53 bits per heavy atom. The Morgan fingerprint density at radius 3 is 2.12 bits per heavy atom. The Hall–Kier alpha value is -3.40. The van der Waals surface area contributed by atoms with Gasteiger partial charge in [-0.1, -0.05) is 23.2 Å². The lowest BCUT2D eigenvalue weighted by molar-refractivity contribution is -0.0582. The van der Waals surface area contributed by atoms with Gasteiger partial charge in [-0.3, -0.25) is 14.3 Å². The van der Waals surface area contributed by atoms with Crippen molar-refractivity contribution in [2.45, 2.75) is 24.9 Å². The average molecular weight is 505 g/mol. The van der Waals surface area contributed by atoms with E-state index < -0.39 is 41.6 Å². The Balaban J connectivity index is 1.51. The molecule has 1 fully saturated rings. The van der Waals surface area contributed by atoms with Gasteiger partial charge in [-0.05, 0) is 48.5 Å². The molecule has 1 aromatic heterocycles. The molecule has 1 aliphatic rings. The smallest absolute Gasteiger partial charge is 0.338 e. The maximum Gasteiger partial charge on any atom is 0.338 e. The lowest BCUT2D eigenvalue weighted by Crippen LogP contribution is -2.32. The summed E-state index contributed by atoms with van der Waals surface area (Å²) in [6, 6.07) is 13.4. The van der Waals surface area contributed by atoms with Crippen molar-refractivity contribution in [3.8, 4) is 0 Å². The zero-order valence-corrected chi connectivity index (χ0v) is 19.0. The second-order valence-corrected chi connectivity index (χ2v) is 8.31. The maximum absolute atomic E-state index is 12.6. The van der Waals surface area contributed by atoms with Crippen molar-refractivity contribution in [1.82, 2.24) is 9.55 Å². The predicted molar refractivity (Wildman–Crippen MR) is 122 cm³/mol. The number of esters is 2. The van der Waals surface area contributed by atoms with Gasteiger partial charge in [0, 0.05) is 28.7 Å². The summed E-state index contributed by atoms with van der Waals surface area (Å²) in [6.07, 6.45) is -1.19. The number of aromatic nitrogens is 2. The van der Waals surface area contributed by atoms with Crippen LogP contribution < -0.4 is 11.2 Å². The molecule has 3 aromatic rings. The van der Waals surface area contributed by atoms with Gasteiger partial charge < -0.3 is 14.2 Å². The van der Waals surface area contributed by atoms with Crippen LogP contribution in [0.3, 0.4) is 0 Å². The van der Waals surface area contributed by atoms with E-state index >= 15 is 0 Å². The van der Waals surface area contributed by atoms with Crippen molar-refractivity contribution in [2.75, 3.05) is 6.61 Å². The summed E-state index contributed by atoms with van der Waals surface area (Å²) in [5, 5.41) is 0.935. The number of hydrogen-bond donors (Lipinski definition) is 1. The van der Waals surface area contributed by atoms with E-state index in [9.17, 15) is 19.2 Å². The molecule has 11 heteroatoms. The van der Waals surface area contributed by atoms with Crippen molar-refractivity contribution in [2.24, 2.45) is 0 Å². The lowest BCUT2D eigenvalue weighted by atomic mass is 10.1. The van der Waals surface area contributed by atoms with Crippen LogP contribution in [0.25, 0.3) is 0 Å². The third-order valence-electron chi connectivity index (χ3n) is 5.14. The van der Waals surface area contributed by atoms with Gasteiger partial charge in [-0.25, -0.2) is 14.4 Å². The topological polar surface area (TPSA) is 117 Å². The highest BCUT2D eigenvalue weighted by Gasteiger charge is 2.40. The van der Waals surface area contributed by atoms with Gasteiger partial charge in [0.25, 0.3) is 5.56 Å². The van der Waals surface area contributed by atoms with Crippen LogP contribution in [0, 0.1) is 0 Å². The zero-order chi connectivity index (χ0) is 24.2. The molecular formula is C23H18Cl2N2O7. The van der Waals surface area contributed by atoms with Gasteiger partial charge in [0.2, 0.25) is 0 Å². The van der Waals surface area contributed by atoms with Gasteiger partial charge in [0.05, 0.1) is 11.1 Å². The van der Waals surface area contributed by atoms with E-state index in [-0.39, 0.29) is 24.2 Å². The van der Waals surface area contributed by atoms with Crippen molar-refractivity contribution >= 4 is 35.1 Å². The number of nitrogens with one attached hydrogen (secondary N) is 1. The number of carbonyl (C=O) groups excluding carboxylic acids is 2. The van der Waals surface area contributed by atoms with E-state index in [0.29, 0.717) is 10.0 Å². The molecule has 0 radical (unpaired) electrons. The van der Waals surface area contributed by atoms with Gasteiger partial charge in [0.1, 0.15) is 25.0 Å². The van der Waals surface area contributed by atoms with Crippen LogP contribution in [0.15, 0.2) is 70.4 Å². The molecule has 0 saturated carbocycles. The molecule has 0 unspecified atom stereocenters. The fourth-order valence-electron chi connectivity index (χ4n) is 3.42. The van der Waals surface area contributed by atoms with Crippen LogP contribution in [-0.2, 0) is 14.2 Å². The van der Waals surface area contributed by atoms with Crippen LogP contribution in [0.4, 0.5) is 0 Å². The number of hydrogen-bond acceptors (Lipinski definition) is 7. The quantitative estimate of drug-likeness (QED) is 0.512. The van der Waals surface area contributed by atoms with Crippen LogP contribution in [0.5, 0.6) is 0 Å². The molecule has 9 nitrogen and oxygen atoms in total. The second-order valence-electron chi connectivity index (χ2n) is 7.44. The van der Waals surface area contributed by atoms with Crippen molar-refractivity contribution in [3.63, 3.8) is 0 Å². The fraction of sp³-hybridized carbons (Fsp3) is 0.217. The Kier molecular flexibility index (Phi) is 7.16. The molecule has 2 heterocycles. The molecule has 1 aliphatic heterocycles. The van der Waals surface area contributed by atoms with Gasteiger partial charge >= 0.3 is 17.6 Å². The van der Waals surface area contributed by atoms with E-state index in [2.05, 4.69) is 4.98 Å². The Labute approximate surface area is 202 Å². The number of H-pyrrole nitrogens is 1. The summed E-state index contributed by atoms with van der Waals surface area (Å²) in [5.74, 6) is -1.25. The normalized spacial score (nSPS) is 19.5. The van der Waals surface area contributed by atoms with E-state index in [0.717, 1.165) is 0 Å². The number of nitrogens with zero attached hydrogens (tertiary/aromatic N) is 1. The lowest BCUT2D eigenvalue weighted by Gasteiger charge is -2.19. The molecular weight excluding hydrogens is 487 g/mol. The molecule has 1 N–H and O–H groups in total. The largest absolute Gasteiger partial charge is 0.459 e. The minimum absolute atomic E-state index is 0.0917. The number of ether oxygens (including phenoxy) is 3. The molecule has 1 saturated heterocycles. The van der Waals surface area contributed by atoms with Crippen molar-refractivity contribution in [1.29, 1.82) is 0 Å². The van der Waals surface area contributed by atoms with Crippen molar-refractivity contribution < 1.29 is 23.8 Å². The molecule has 3 atom stereocenters. The first-order valence-electron chi connectivity index (χ1n) is 10.2. The third kappa shape index (κ3) is 5.56. The Morgan fingerprint density at radius 1 is 0.941 bits per heavy atom. The highest BCUT2D eigenvalue weighted by Crippen LogP contribution is 2.31. The van der Waals surface area contributed by atoms with Crippen molar-refractivity contribution in [3.05, 3.63) is 103 Å². The SMILES string of the molecule is O=C(OC[C@H]1O[C@@H](n2ccc(=O)[nH]c2=O)C[C@@H]1OC(=O)c1ccc(Cl)cc1)c1ccc(Cl)cc1. The van der Waals surface area contributed by atoms with E-state index in [4.69, 9.17) is 37.4 Å². The zero-order valence-electron chi connectivity index (χ0n) is 17.5. The number of benzene rings is 2. The summed E-state index contributed by atoms with van der Waals surface area (Å²) < 4.78 is 18.0. The third-order valence-corrected chi connectivity index (χ3v) is 5.64. The molecule has 4 rings (SSSR count). The summed E-state index contributed by atoms with van der Waals surface area (Å²) >= 11 is 11.7. The first-order chi connectivity index (χ1) is 16.3. The maximum atomic E-state index is 12.6. The number of halogens is 2. The number of rotatable bonds is 6. The standard InChI is InChI=1S/C23H18Cl2N2O7/c24-15-5-1-13(2-6-15)21(29)32-12-18-17(34-22(30)14-3-7-16(25)8-4-14)11-20(33-18)27-10-9-19(28)26-23(27)31/h1-10,17-18,20H,11-12H2,(H,26,28,31)/t17-,18+,20+/m0/s1. The summed E-state index contributed by atoms with van der Waals surface area (Å²) in [6.45, 7) is -0.241. The number of carbonyl (C=O) groups is 2. The highest BCUT2D eigenvalue weighted by molar-refractivity contribution is 6.31. The van der Waals surface area contributed by atoms with Gasteiger partial charge in [-0.15, -0.1) is 0 Å². The summed E-state index contributed by atoms with van der Waals surface area (Å²) in [5.41, 5.74) is -0.686. The molecule has 176 valence electrons. The predicted octanol–water partition coefficient (Wildman–Crippen LogP) is 3.21. The molecule has 0 spiro atoms.